The normalized spacial score (nSPS) is 16.3. The summed E-state index contributed by atoms with van der Waals surface area (Å²) in [6.07, 6.45) is -0.501. The molecule has 10 nitrogen and oxygen atoms in total. The Morgan fingerprint density at radius 1 is 0.960 bits per heavy atom. The molecule has 11 heteroatoms. The molecule has 0 aliphatic heterocycles. The molecule has 0 saturated heterocycles. The van der Waals surface area contributed by atoms with Crippen LogP contribution in [0.1, 0.15) is 45.4 Å². The summed E-state index contributed by atoms with van der Waals surface area (Å²) in [5.74, 6) is 0. The number of aliphatic hydroxyl groups is 5. The lowest BCUT2D eigenvalue weighted by Gasteiger charge is -2.22. The molecule has 0 fully saturated rings. The minimum Gasteiger partial charge on any atom is -0.394 e. The molecule has 25 heavy (non-hydrogen) atoms. The number of unbranched alkanes of at least 4 members (excludes halogenated alkanes) is 5. The largest absolute Gasteiger partial charge is 0.397 e. The van der Waals surface area contributed by atoms with Gasteiger partial charge in [-0.15, -0.1) is 0 Å². The van der Waals surface area contributed by atoms with E-state index in [2.05, 4.69) is 11.1 Å². The smallest absolute Gasteiger partial charge is 0.394 e. The highest BCUT2D eigenvalue weighted by Gasteiger charge is 2.29. The number of carbonyl (C=O) groups is 1. The Labute approximate surface area is 148 Å². The lowest BCUT2D eigenvalue weighted by atomic mass is 10.0. The molecule has 0 amide bonds. The molecular formula is C14H30O10S. The Balaban J connectivity index is 0. The van der Waals surface area contributed by atoms with Crippen LogP contribution in [0.25, 0.3) is 0 Å². The van der Waals surface area contributed by atoms with Crippen LogP contribution >= 0.6 is 0 Å². The Hall–Kier alpha value is -0.660. The van der Waals surface area contributed by atoms with E-state index >= 15 is 0 Å². The minimum atomic E-state index is -4.22. The minimum absolute atomic E-state index is 0.0258. The molecule has 0 radical (unpaired) electrons. The number of aliphatic hydroxyl groups excluding tert-OH is 5. The van der Waals surface area contributed by atoms with Gasteiger partial charge in [-0.05, 0) is 6.42 Å². The summed E-state index contributed by atoms with van der Waals surface area (Å²) in [6, 6.07) is 0. The lowest BCUT2D eigenvalue weighted by molar-refractivity contribution is -0.136. The molecule has 0 heterocycles. The van der Waals surface area contributed by atoms with Gasteiger partial charge in [0, 0.05) is 0 Å². The van der Waals surface area contributed by atoms with Gasteiger partial charge < -0.3 is 30.3 Å². The predicted molar refractivity (Wildman–Crippen MR) is 88.1 cm³/mol. The van der Waals surface area contributed by atoms with E-state index in [1.54, 1.807) is 0 Å². The van der Waals surface area contributed by atoms with Gasteiger partial charge in [0.2, 0.25) is 0 Å². The second-order valence-electron chi connectivity index (χ2n) is 5.38. The highest BCUT2D eigenvalue weighted by atomic mass is 32.3. The summed E-state index contributed by atoms with van der Waals surface area (Å²) in [7, 11) is -4.22. The molecule has 0 aromatic carbocycles. The summed E-state index contributed by atoms with van der Waals surface area (Å²) in [5, 5.41) is 43.5. The van der Waals surface area contributed by atoms with Crippen molar-refractivity contribution in [1.82, 2.24) is 0 Å². The van der Waals surface area contributed by atoms with Crippen molar-refractivity contribution in [2.75, 3.05) is 13.2 Å². The number of hydrogen-bond acceptors (Lipinski definition) is 9. The van der Waals surface area contributed by atoms with Gasteiger partial charge in [0.15, 0.2) is 6.29 Å². The third kappa shape index (κ3) is 16.6. The summed E-state index contributed by atoms with van der Waals surface area (Å²) in [4.78, 5) is 9.90. The first-order chi connectivity index (χ1) is 11.6. The zero-order valence-electron chi connectivity index (χ0n) is 14.3. The molecule has 0 spiro atoms. The summed E-state index contributed by atoms with van der Waals surface area (Å²) < 4.78 is 32.6. The molecule has 0 unspecified atom stereocenters. The average Bonchev–Trinajstić information content (AvgIpc) is 2.57. The maximum absolute atomic E-state index is 10.1. The first-order valence-corrected chi connectivity index (χ1v) is 9.37. The van der Waals surface area contributed by atoms with Crippen molar-refractivity contribution >= 4 is 16.7 Å². The fraction of sp³-hybridized carbons (Fsp3) is 0.929. The van der Waals surface area contributed by atoms with Crippen LogP contribution in [0.5, 0.6) is 0 Å². The van der Waals surface area contributed by atoms with Crippen molar-refractivity contribution in [1.29, 1.82) is 0 Å². The van der Waals surface area contributed by atoms with Crippen LogP contribution in [0.2, 0.25) is 0 Å². The average molecular weight is 390 g/mol. The van der Waals surface area contributed by atoms with Crippen molar-refractivity contribution < 1.29 is 47.5 Å². The molecule has 0 bridgehead atoms. The van der Waals surface area contributed by atoms with Crippen LogP contribution in [-0.2, 0) is 19.4 Å². The van der Waals surface area contributed by atoms with Crippen LogP contribution in [-0.4, -0.2) is 82.4 Å². The van der Waals surface area contributed by atoms with Crippen LogP contribution in [0.4, 0.5) is 0 Å². The van der Waals surface area contributed by atoms with Crippen molar-refractivity contribution in [2.24, 2.45) is 0 Å². The van der Waals surface area contributed by atoms with Crippen LogP contribution in [0.15, 0.2) is 0 Å². The lowest BCUT2D eigenvalue weighted by Crippen LogP contribution is -2.46. The fourth-order valence-electron chi connectivity index (χ4n) is 1.66. The van der Waals surface area contributed by atoms with E-state index in [0.717, 1.165) is 12.8 Å². The maximum Gasteiger partial charge on any atom is 0.397 e. The molecule has 0 saturated carbocycles. The number of hydrogen-bond donors (Lipinski definition) is 6. The van der Waals surface area contributed by atoms with E-state index in [1.807, 2.05) is 0 Å². The summed E-state index contributed by atoms with van der Waals surface area (Å²) in [5.41, 5.74) is 0. The third-order valence-corrected chi connectivity index (χ3v) is 3.62. The Morgan fingerprint density at radius 2 is 1.48 bits per heavy atom. The molecule has 0 aliphatic carbocycles. The van der Waals surface area contributed by atoms with Crippen LogP contribution in [0, 0.1) is 0 Å². The maximum atomic E-state index is 10.1. The van der Waals surface area contributed by atoms with Crippen LogP contribution in [0.3, 0.4) is 0 Å². The molecular weight excluding hydrogens is 360 g/mol. The number of rotatable bonds is 13. The summed E-state index contributed by atoms with van der Waals surface area (Å²) >= 11 is 0. The number of carbonyl (C=O) groups excluding carboxylic acids is 1. The van der Waals surface area contributed by atoms with Gasteiger partial charge in [-0.2, -0.15) is 8.42 Å². The molecule has 4 atom stereocenters. The highest BCUT2D eigenvalue weighted by molar-refractivity contribution is 7.80. The quantitative estimate of drug-likeness (QED) is 0.127. The van der Waals surface area contributed by atoms with E-state index in [9.17, 15) is 13.2 Å². The first-order valence-electron chi connectivity index (χ1n) is 8.00. The highest BCUT2D eigenvalue weighted by Crippen LogP contribution is 2.05. The van der Waals surface area contributed by atoms with E-state index in [-0.39, 0.29) is 12.9 Å². The van der Waals surface area contributed by atoms with Crippen molar-refractivity contribution in [3.05, 3.63) is 0 Å². The molecule has 0 rings (SSSR count). The van der Waals surface area contributed by atoms with Crippen molar-refractivity contribution in [3.8, 4) is 0 Å². The van der Waals surface area contributed by atoms with Gasteiger partial charge in [0.25, 0.3) is 0 Å². The van der Waals surface area contributed by atoms with Gasteiger partial charge in [-0.3, -0.25) is 4.55 Å². The van der Waals surface area contributed by atoms with Gasteiger partial charge >= 0.3 is 10.4 Å². The van der Waals surface area contributed by atoms with Gasteiger partial charge in [0.1, 0.15) is 24.4 Å². The molecule has 0 aliphatic rings. The predicted octanol–water partition coefficient (Wildman–Crippen LogP) is -1.21. The zero-order chi connectivity index (χ0) is 19.9. The Morgan fingerprint density at radius 3 is 1.92 bits per heavy atom. The Bertz CT molecular complexity index is 414. The van der Waals surface area contributed by atoms with Crippen molar-refractivity contribution in [3.63, 3.8) is 0 Å². The standard InChI is InChI=1S/C8H18O4S.C6H12O6/c1-2-3-4-5-6-7-8-12-13(9,10)11;7-1-3(9)5(11)6(12)4(10)2-8/h2-8H2,1H3,(H,9,10,11);1,3-6,8-12H,2H2/t;3-,4+,5+,6+/m.0/s1. The van der Waals surface area contributed by atoms with E-state index in [1.165, 1.54) is 19.3 Å². The van der Waals surface area contributed by atoms with Crippen LogP contribution < -0.4 is 0 Å². The monoisotopic (exact) mass is 390 g/mol. The third-order valence-electron chi connectivity index (χ3n) is 3.15. The van der Waals surface area contributed by atoms with Gasteiger partial charge in [0.05, 0.1) is 13.2 Å². The molecule has 6 N–H and O–H groups in total. The van der Waals surface area contributed by atoms with E-state index in [4.69, 9.17) is 30.1 Å². The van der Waals surface area contributed by atoms with E-state index < -0.39 is 41.4 Å². The first kappa shape index (κ1) is 26.6. The SMILES string of the molecule is CCCCCCCCOS(=O)(=O)O.O=C[C@H](O)[C@@H](O)[C@H](O)[C@H](O)CO. The van der Waals surface area contributed by atoms with Gasteiger partial charge in [-0.1, -0.05) is 39.0 Å². The fourth-order valence-corrected chi connectivity index (χ4v) is 1.99. The second-order valence-corrected chi connectivity index (χ2v) is 6.47. The van der Waals surface area contributed by atoms with Gasteiger partial charge in [-0.25, -0.2) is 4.18 Å². The molecule has 0 aromatic rings. The molecule has 0 aromatic heterocycles. The summed E-state index contributed by atoms with van der Waals surface area (Å²) in [6.45, 7) is 1.47. The second kappa shape index (κ2) is 15.6. The topological polar surface area (TPSA) is 182 Å². The zero-order valence-corrected chi connectivity index (χ0v) is 15.1. The van der Waals surface area contributed by atoms with Crippen molar-refractivity contribution in [2.45, 2.75) is 69.9 Å². The molecule has 152 valence electrons. The van der Waals surface area contributed by atoms with E-state index in [0.29, 0.717) is 6.42 Å². The number of aldehydes is 1. The Kier molecular flexibility index (Phi) is 16.6.